The van der Waals surface area contributed by atoms with Gasteiger partial charge in [0, 0.05) is 15.8 Å². The largest absolute Gasteiger partial charge is 0.250 e. The van der Waals surface area contributed by atoms with E-state index in [-0.39, 0.29) is 0 Å². The van der Waals surface area contributed by atoms with Crippen LogP contribution in [0.4, 0.5) is 0 Å². The Kier molecular flexibility index (Phi) is 3.33. The van der Waals surface area contributed by atoms with E-state index >= 15 is 0 Å². The highest BCUT2D eigenvalue weighted by Crippen LogP contribution is 2.06. The van der Waals surface area contributed by atoms with Gasteiger partial charge in [-0.3, -0.25) is 0 Å². The van der Waals surface area contributed by atoms with E-state index < -0.39 is 10.8 Å². The molecule has 0 aliphatic rings. The van der Waals surface area contributed by atoms with E-state index in [1.54, 1.807) is 12.1 Å². The lowest BCUT2D eigenvalue weighted by Crippen LogP contribution is -1.83. The summed E-state index contributed by atoms with van der Waals surface area (Å²) in [6.45, 7) is 0. The second-order valence-electron chi connectivity index (χ2n) is 1.87. The van der Waals surface area contributed by atoms with Crippen molar-refractivity contribution in [3.63, 3.8) is 0 Å². The first-order valence-electron chi connectivity index (χ1n) is 3.07. The molecule has 1 aromatic rings. The van der Waals surface area contributed by atoms with Crippen LogP contribution in [0.25, 0.3) is 0 Å². The van der Waals surface area contributed by atoms with Crippen molar-refractivity contribution in [1.82, 2.24) is 0 Å². The normalized spacial score (nSPS) is 13.5. The molecular weight excluding hydrogens is 180 g/mol. The third kappa shape index (κ3) is 2.48. The summed E-state index contributed by atoms with van der Waals surface area (Å²) in [6, 6.07) is 9.16. The number of hydrogen-bond donors (Lipinski definition) is 0. The van der Waals surface area contributed by atoms with Crippen LogP contribution >= 0.6 is 11.6 Å². The third-order valence-electron chi connectivity index (χ3n) is 1.15. The molecule has 0 bridgehead atoms. The zero-order valence-electron chi connectivity index (χ0n) is 5.74. The van der Waals surface area contributed by atoms with Crippen LogP contribution in [-0.4, -0.2) is 4.21 Å². The molecule has 0 saturated carbocycles. The lowest BCUT2D eigenvalue weighted by molar-refractivity contribution is 0.688. The SMILES string of the molecule is O=S(/C=C/Cl)c1ccccc1. The van der Waals surface area contributed by atoms with Crippen LogP contribution in [0, 0.1) is 0 Å². The molecule has 58 valence electrons. The summed E-state index contributed by atoms with van der Waals surface area (Å²) < 4.78 is 11.2. The quantitative estimate of drug-likeness (QED) is 0.694. The molecule has 0 spiro atoms. The average Bonchev–Trinajstić information content (AvgIpc) is 2.07. The molecule has 0 amide bonds. The zero-order valence-corrected chi connectivity index (χ0v) is 7.31. The topological polar surface area (TPSA) is 17.1 Å². The van der Waals surface area contributed by atoms with Crippen molar-refractivity contribution in [1.29, 1.82) is 0 Å². The number of rotatable bonds is 2. The van der Waals surface area contributed by atoms with Gasteiger partial charge in [0.25, 0.3) is 0 Å². The summed E-state index contributed by atoms with van der Waals surface area (Å²) in [5, 5.41) is 1.44. The lowest BCUT2D eigenvalue weighted by atomic mass is 10.4. The molecule has 0 N–H and O–H groups in total. The molecule has 1 atom stereocenters. The highest BCUT2D eigenvalue weighted by Gasteiger charge is 1.95. The second-order valence-corrected chi connectivity index (χ2v) is 3.46. The van der Waals surface area contributed by atoms with E-state index in [4.69, 9.17) is 11.6 Å². The van der Waals surface area contributed by atoms with Gasteiger partial charge < -0.3 is 0 Å². The van der Waals surface area contributed by atoms with Crippen LogP contribution in [0.1, 0.15) is 0 Å². The van der Waals surface area contributed by atoms with Crippen LogP contribution in [0.3, 0.4) is 0 Å². The minimum absolute atomic E-state index is 0.768. The predicted octanol–water partition coefficient (Wildman–Crippen LogP) is 2.50. The van der Waals surface area contributed by atoms with E-state index in [0.717, 1.165) is 4.90 Å². The van der Waals surface area contributed by atoms with Gasteiger partial charge in [0.15, 0.2) is 0 Å². The summed E-state index contributed by atoms with van der Waals surface area (Å²) in [5.41, 5.74) is 1.27. The molecular formula is C8H7ClOS. The predicted molar refractivity (Wildman–Crippen MR) is 47.8 cm³/mol. The van der Waals surface area contributed by atoms with E-state index in [2.05, 4.69) is 0 Å². The van der Waals surface area contributed by atoms with Crippen molar-refractivity contribution in [3.05, 3.63) is 41.3 Å². The number of halogens is 1. The first-order valence-corrected chi connectivity index (χ1v) is 4.72. The van der Waals surface area contributed by atoms with Gasteiger partial charge >= 0.3 is 0 Å². The van der Waals surface area contributed by atoms with Crippen molar-refractivity contribution < 1.29 is 4.21 Å². The molecule has 0 aliphatic carbocycles. The monoisotopic (exact) mass is 186 g/mol. The van der Waals surface area contributed by atoms with E-state index in [1.165, 1.54) is 10.9 Å². The number of benzene rings is 1. The maximum Gasteiger partial charge on any atom is 0.0784 e. The second kappa shape index (κ2) is 4.31. The van der Waals surface area contributed by atoms with Gasteiger partial charge in [0.1, 0.15) is 0 Å². The van der Waals surface area contributed by atoms with Crippen molar-refractivity contribution >= 4 is 22.4 Å². The molecule has 1 nitrogen and oxygen atoms in total. The van der Waals surface area contributed by atoms with E-state index in [0.29, 0.717) is 0 Å². The van der Waals surface area contributed by atoms with Crippen LogP contribution in [0.15, 0.2) is 46.2 Å². The first-order chi connectivity index (χ1) is 5.34. The molecule has 1 unspecified atom stereocenters. The Hall–Kier alpha value is -0.600. The summed E-state index contributed by atoms with van der Waals surface area (Å²) in [5.74, 6) is 0. The maximum absolute atomic E-state index is 11.2. The molecule has 0 fully saturated rings. The molecule has 0 aromatic heterocycles. The van der Waals surface area contributed by atoms with E-state index in [9.17, 15) is 4.21 Å². The molecule has 0 heterocycles. The molecule has 1 rings (SSSR count). The van der Waals surface area contributed by atoms with Gasteiger partial charge in [-0.1, -0.05) is 29.8 Å². The Morgan fingerprint density at radius 1 is 1.27 bits per heavy atom. The lowest BCUT2D eigenvalue weighted by Gasteiger charge is -1.92. The van der Waals surface area contributed by atoms with Crippen LogP contribution in [0.5, 0.6) is 0 Å². The Morgan fingerprint density at radius 3 is 2.45 bits per heavy atom. The first kappa shape index (κ1) is 8.50. The summed E-state index contributed by atoms with van der Waals surface area (Å²) >= 11 is 5.27. The molecule has 0 saturated heterocycles. The fourth-order valence-corrected chi connectivity index (χ4v) is 1.64. The van der Waals surface area contributed by atoms with Gasteiger partial charge in [-0.25, -0.2) is 4.21 Å². The summed E-state index contributed by atoms with van der Waals surface area (Å²) in [6.07, 6.45) is 0. The standard InChI is InChI=1S/C8H7ClOS/c9-6-7-11(10)8-4-2-1-3-5-8/h1-7H/b7-6+. The minimum atomic E-state index is -1.10. The highest BCUT2D eigenvalue weighted by molar-refractivity contribution is 7.88. The molecule has 1 aromatic carbocycles. The Labute approximate surface area is 73.1 Å². The third-order valence-corrected chi connectivity index (χ3v) is 2.55. The fraction of sp³-hybridized carbons (Fsp3) is 0. The van der Waals surface area contributed by atoms with Crippen molar-refractivity contribution in [3.8, 4) is 0 Å². The van der Waals surface area contributed by atoms with E-state index in [1.807, 2.05) is 18.2 Å². The molecule has 3 heteroatoms. The molecule has 0 radical (unpaired) electrons. The van der Waals surface area contributed by atoms with Crippen LogP contribution in [-0.2, 0) is 10.8 Å². The van der Waals surface area contributed by atoms with Crippen LogP contribution < -0.4 is 0 Å². The maximum atomic E-state index is 11.2. The number of hydrogen-bond acceptors (Lipinski definition) is 1. The van der Waals surface area contributed by atoms with Crippen molar-refractivity contribution in [2.75, 3.05) is 0 Å². The van der Waals surface area contributed by atoms with Crippen molar-refractivity contribution in [2.24, 2.45) is 0 Å². The molecule has 11 heavy (non-hydrogen) atoms. The van der Waals surface area contributed by atoms with Gasteiger partial charge in [0.05, 0.1) is 10.8 Å². The minimum Gasteiger partial charge on any atom is -0.250 e. The Bertz CT molecular complexity index is 269. The Balaban J connectivity index is 2.86. The van der Waals surface area contributed by atoms with Gasteiger partial charge in [-0.2, -0.15) is 0 Å². The summed E-state index contributed by atoms with van der Waals surface area (Å²) in [7, 11) is -1.10. The van der Waals surface area contributed by atoms with Crippen LogP contribution in [0.2, 0.25) is 0 Å². The smallest absolute Gasteiger partial charge is 0.0784 e. The Morgan fingerprint density at radius 2 is 1.91 bits per heavy atom. The molecule has 0 aliphatic heterocycles. The van der Waals surface area contributed by atoms with Crippen molar-refractivity contribution in [2.45, 2.75) is 4.90 Å². The van der Waals surface area contributed by atoms with Gasteiger partial charge in [-0.05, 0) is 12.1 Å². The van der Waals surface area contributed by atoms with Gasteiger partial charge in [0.2, 0.25) is 0 Å². The average molecular weight is 187 g/mol. The summed E-state index contributed by atoms with van der Waals surface area (Å²) in [4.78, 5) is 0.768. The highest BCUT2D eigenvalue weighted by atomic mass is 35.5. The van der Waals surface area contributed by atoms with Gasteiger partial charge in [-0.15, -0.1) is 0 Å². The fourth-order valence-electron chi connectivity index (χ4n) is 0.680. The zero-order chi connectivity index (χ0) is 8.10.